The number of nitrogens with zero attached hydrogens (tertiary/aromatic N) is 2. The molecule has 5 nitrogen and oxygen atoms in total. The van der Waals surface area contributed by atoms with Gasteiger partial charge in [-0.1, -0.05) is 0 Å². The first-order valence-corrected chi connectivity index (χ1v) is 5.04. The summed E-state index contributed by atoms with van der Waals surface area (Å²) in [7, 11) is 3.14. The van der Waals surface area contributed by atoms with Crippen LogP contribution in [0, 0.1) is 0 Å². The first-order chi connectivity index (χ1) is 7.27. The number of likely N-dealkylation sites (N-methyl/N-ethyl adjacent to an activating group) is 1. The lowest BCUT2D eigenvalue weighted by Gasteiger charge is -2.15. The smallest absolute Gasteiger partial charge is 0.329 e. The Kier molecular flexibility index (Phi) is 2.73. The minimum atomic E-state index is -0.418. The van der Waals surface area contributed by atoms with Gasteiger partial charge in [-0.15, -0.1) is 0 Å². The Morgan fingerprint density at radius 2 is 2.47 bits per heavy atom. The van der Waals surface area contributed by atoms with E-state index in [1.807, 2.05) is 0 Å². The first-order valence-electron chi connectivity index (χ1n) is 5.04. The molecule has 0 saturated heterocycles. The van der Waals surface area contributed by atoms with Crippen LogP contribution in [0.5, 0.6) is 0 Å². The van der Waals surface area contributed by atoms with Crippen molar-refractivity contribution in [1.82, 2.24) is 14.9 Å². The van der Waals surface area contributed by atoms with Gasteiger partial charge in [-0.3, -0.25) is 0 Å². The van der Waals surface area contributed by atoms with Crippen LogP contribution >= 0.6 is 0 Å². The van der Waals surface area contributed by atoms with E-state index in [-0.39, 0.29) is 5.97 Å². The zero-order valence-electron chi connectivity index (χ0n) is 8.93. The van der Waals surface area contributed by atoms with Gasteiger partial charge in [0.2, 0.25) is 0 Å². The van der Waals surface area contributed by atoms with E-state index in [4.69, 9.17) is 4.74 Å². The van der Waals surface area contributed by atoms with Crippen LogP contribution in [-0.2, 0) is 9.53 Å². The van der Waals surface area contributed by atoms with Gasteiger partial charge in [0.05, 0.1) is 25.3 Å². The number of carbonyl (C=O) groups is 1. The van der Waals surface area contributed by atoms with E-state index in [1.54, 1.807) is 19.6 Å². The predicted molar refractivity (Wildman–Crippen MR) is 54.3 cm³/mol. The van der Waals surface area contributed by atoms with E-state index in [2.05, 4.69) is 14.9 Å². The molecule has 1 atom stereocenters. The summed E-state index contributed by atoms with van der Waals surface area (Å²) < 4.78 is 6.79. The van der Waals surface area contributed by atoms with Crippen LogP contribution in [0.3, 0.4) is 0 Å². The number of hydrogen-bond donors (Lipinski definition) is 1. The Bertz CT molecular complexity index is 357. The molecule has 0 bridgehead atoms. The molecule has 1 unspecified atom stereocenters. The number of ether oxygens (including phenoxy) is 1. The van der Waals surface area contributed by atoms with Crippen molar-refractivity contribution in [3.63, 3.8) is 0 Å². The van der Waals surface area contributed by atoms with Gasteiger partial charge in [-0.05, 0) is 19.9 Å². The third kappa shape index (κ3) is 1.87. The molecule has 1 aliphatic carbocycles. The van der Waals surface area contributed by atoms with Crippen LogP contribution in [-0.4, -0.2) is 29.7 Å². The van der Waals surface area contributed by atoms with E-state index < -0.39 is 6.04 Å². The molecule has 1 N–H and O–H groups in total. The minimum absolute atomic E-state index is 0.278. The average molecular weight is 209 g/mol. The summed E-state index contributed by atoms with van der Waals surface area (Å²) in [5, 5.41) is 2.94. The van der Waals surface area contributed by atoms with Gasteiger partial charge in [-0.25, -0.2) is 9.78 Å². The first kappa shape index (κ1) is 10.2. The van der Waals surface area contributed by atoms with E-state index in [1.165, 1.54) is 20.0 Å². The number of hydrogen-bond acceptors (Lipinski definition) is 4. The fourth-order valence-electron chi connectivity index (χ4n) is 1.70. The number of methoxy groups -OCH3 is 1. The number of imidazole rings is 1. The quantitative estimate of drug-likeness (QED) is 0.740. The van der Waals surface area contributed by atoms with E-state index in [9.17, 15) is 4.79 Å². The summed E-state index contributed by atoms with van der Waals surface area (Å²) in [6.07, 6.45) is 5.83. The van der Waals surface area contributed by atoms with Crippen molar-refractivity contribution in [2.24, 2.45) is 0 Å². The molecular weight excluding hydrogens is 194 g/mol. The second-order valence-corrected chi connectivity index (χ2v) is 3.70. The van der Waals surface area contributed by atoms with Gasteiger partial charge in [0.15, 0.2) is 0 Å². The Morgan fingerprint density at radius 3 is 3.00 bits per heavy atom. The Labute approximate surface area is 88.4 Å². The second kappa shape index (κ2) is 4.02. The standard InChI is InChI=1S/C10H15N3O2/c1-11-9(10(14)15-2)8-5-12-6-13(8)7-3-4-7/h5-7,9,11H,3-4H2,1-2H3. The normalized spacial score (nSPS) is 17.5. The Morgan fingerprint density at radius 1 is 1.73 bits per heavy atom. The Balaban J connectivity index is 2.25. The number of esters is 1. The van der Waals surface area contributed by atoms with Gasteiger partial charge in [0.1, 0.15) is 6.04 Å². The molecule has 0 spiro atoms. The van der Waals surface area contributed by atoms with Gasteiger partial charge in [0.25, 0.3) is 0 Å². The van der Waals surface area contributed by atoms with Crippen molar-refractivity contribution in [2.45, 2.75) is 24.9 Å². The van der Waals surface area contributed by atoms with Crippen molar-refractivity contribution in [3.8, 4) is 0 Å². The maximum absolute atomic E-state index is 11.5. The number of rotatable bonds is 4. The van der Waals surface area contributed by atoms with Crippen molar-refractivity contribution in [3.05, 3.63) is 18.2 Å². The van der Waals surface area contributed by atoms with Crippen LogP contribution in [0.4, 0.5) is 0 Å². The summed E-state index contributed by atoms with van der Waals surface area (Å²) in [6, 6.07) is 0.0982. The molecule has 1 saturated carbocycles. The van der Waals surface area contributed by atoms with Crippen molar-refractivity contribution >= 4 is 5.97 Å². The SMILES string of the molecule is CNC(C(=O)OC)c1cncn1C1CC1. The lowest BCUT2D eigenvalue weighted by Crippen LogP contribution is -2.28. The van der Waals surface area contributed by atoms with E-state index in [0.29, 0.717) is 6.04 Å². The molecule has 1 aliphatic rings. The molecule has 15 heavy (non-hydrogen) atoms. The summed E-state index contributed by atoms with van der Waals surface area (Å²) in [6.45, 7) is 0. The van der Waals surface area contributed by atoms with Gasteiger partial charge in [-0.2, -0.15) is 0 Å². The molecular formula is C10H15N3O2. The van der Waals surface area contributed by atoms with Crippen LogP contribution in [0.2, 0.25) is 0 Å². The topological polar surface area (TPSA) is 56.1 Å². The zero-order valence-corrected chi connectivity index (χ0v) is 8.93. The number of aromatic nitrogens is 2. The molecule has 0 radical (unpaired) electrons. The van der Waals surface area contributed by atoms with E-state index in [0.717, 1.165) is 5.69 Å². The second-order valence-electron chi connectivity index (χ2n) is 3.70. The fourth-order valence-corrected chi connectivity index (χ4v) is 1.70. The highest BCUT2D eigenvalue weighted by molar-refractivity contribution is 5.76. The number of nitrogens with one attached hydrogen (secondary N) is 1. The van der Waals surface area contributed by atoms with Crippen molar-refractivity contribution in [2.75, 3.05) is 14.2 Å². The lowest BCUT2D eigenvalue weighted by molar-refractivity contribution is -0.143. The monoisotopic (exact) mass is 209 g/mol. The Hall–Kier alpha value is -1.36. The van der Waals surface area contributed by atoms with Crippen LogP contribution in [0.1, 0.15) is 30.6 Å². The molecule has 0 aliphatic heterocycles. The third-order valence-electron chi connectivity index (χ3n) is 2.66. The van der Waals surface area contributed by atoms with Crippen LogP contribution in [0.25, 0.3) is 0 Å². The highest BCUT2D eigenvalue weighted by atomic mass is 16.5. The van der Waals surface area contributed by atoms with Crippen LogP contribution in [0.15, 0.2) is 12.5 Å². The molecule has 0 amide bonds. The summed E-state index contributed by atoms with van der Waals surface area (Å²) in [5.41, 5.74) is 0.881. The molecule has 0 aromatic carbocycles. The molecule has 1 fully saturated rings. The van der Waals surface area contributed by atoms with Gasteiger partial charge >= 0.3 is 5.97 Å². The van der Waals surface area contributed by atoms with Crippen molar-refractivity contribution in [1.29, 1.82) is 0 Å². The zero-order chi connectivity index (χ0) is 10.8. The van der Waals surface area contributed by atoms with Gasteiger partial charge < -0.3 is 14.6 Å². The minimum Gasteiger partial charge on any atom is -0.468 e. The lowest BCUT2D eigenvalue weighted by atomic mass is 10.2. The van der Waals surface area contributed by atoms with E-state index >= 15 is 0 Å². The van der Waals surface area contributed by atoms with Crippen LogP contribution < -0.4 is 5.32 Å². The maximum Gasteiger partial charge on any atom is 0.329 e. The maximum atomic E-state index is 11.5. The molecule has 5 heteroatoms. The summed E-state index contributed by atoms with van der Waals surface area (Å²) in [5.74, 6) is -0.278. The van der Waals surface area contributed by atoms with Gasteiger partial charge in [0, 0.05) is 6.04 Å². The predicted octanol–water partition coefficient (Wildman–Crippen LogP) is 0.651. The fraction of sp³-hybridized carbons (Fsp3) is 0.600. The highest BCUT2D eigenvalue weighted by Gasteiger charge is 2.30. The molecule has 82 valence electrons. The molecule has 1 aromatic heterocycles. The molecule has 2 rings (SSSR count). The average Bonchev–Trinajstić information content (AvgIpc) is 2.99. The molecule has 1 aromatic rings. The largest absolute Gasteiger partial charge is 0.468 e. The highest BCUT2D eigenvalue weighted by Crippen LogP contribution is 2.36. The molecule has 1 heterocycles. The summed E-state index contributed by atoms with van der Waals surface area (Å²) >= 11 is 0. The number of carbonyl (C=O) groups excluding carboxylic acids is 1. The summed E-state index contributed by atoms with van der Waals surface area (Å²) in [4.78, 5) is 15.6. The van der Waals surface area contributed by atoms with Crippen molar-refractivity contribution < 1.29 is 9.53 Å². The third-order valence-corrected chi connectivity index (χ3v) is 2.66.